The van der Waals surface area contributed by atoms with E-state index in [4.69, 9.17) is 40.0 Å². The SMILES string of the molecule is CCOc1ccc(Cc2cc(C34OCC(OCC=NC)(O3)C(OCc3ccccc3)C(OCc3ccccc3)C4C)ccc2Cl)cc1. The van der Waals surface area contributed by atoms with Gasteiger partial charge >= 0.3 is 0 Å². The number of ether oxygens (including phenoxy) is 6. The molecule has 4 aromatic carbocycles. The first-order valence-electron chi connectivity index (χ1n) is 16.2. The van der Waals surface area contributed by atoms with Crippen LogP contribution in [0.2, 0.25) is 5.02 Å². The van der Waals surface area contributed by atoms with E-state index in [0.29, 0.717) is 31.3 Å². The highest BCUT2D eigenvalue weighted by molar-refractivity contribution is 6.31. The van der Waals surface area contributed by atoms with Crippen LogP contribution in [0.5, 0.6) is 5.75 Å². The second-order valence-electron chi connectivity index (χ2n) is 11.9. The fraction of sp³-hybridized carbons (Fsp3) is 0.359. The molecule has 0 aromatic heterocycles. The summed E-state index contributed by atoms with van der Waals surface area (Å²) in [6.07, 6.45) is 1.30. The Balaban J connectivity index is 1.35. The molecule has 5 atom stereocenters. The van der Waals surface area contributed by atoms with Gasteiger partial charge in [0, 0.05) is 29.8 Å². The van der Waals surface area contributed by atoms with E-state index in [-0.39, 0.29) is 19.1 Å². The zero-order chi connectivity index (χ0) is 32.7. The average Bonchev–Trinajstić information content (AvgIpc) is 3.46. The molecule has 2 saturated heterocycles. The van der Waals surface area contributed by atoms with E-state index in [1.54, 1.807) is 13.3 Å². The molecule has 7 nitrogen and oxygen atoms in total. The number of nitrogens with zero attached hydrogens (tertiary/aromatic N) is 1. The van der Waals surface area contributed by atoms with E-state index in [1.165, 1.54) is 0 Å². The first-order valence-corrected chi connectivity index (χ1v) is 16.5. The smallest absolute Gasteiger partial charge is 0.225 e. The molecule has 2 bridgehead atoms. The number of halogens is 1. The quantitative estimate of drug-likeness (QED) is 0.129. The van der Waals surface area contributed by atoms with Crippen molar-refractivity contribution in [2.45, 2.75) is 57.3 Å². The Hall–Kier alpha value is -3.56. The van der Waals surface area contributed by atoms with Gasteiger partial charge < -0.3 is 28.4 Å². The lowest BCUT2D eigenvalue weighted by Crippen LogP contribution is -2.63. The van der Waals surface area contributed by atoms with E-state index in [0.717, 1.165) is 33.6 Å². The highest BCUT2D eigenvalue weighted by atomic mass is 35.5. The lowest BCUT2D eigenvalue weighted by atomic mass is 9.81. The predicted octanol–water partition coefficient (Wildman–Crippen LogP) is 7.76. The van der Waals surface area contributed by atoms with Crippen LogP contribution in [0, 0.1) is 5.92 Å². The zero-order valence-electron chi connectivity index (χ0n) is 27.1. The van der Waals surface area contributed by atoms with Gasteiger partial charge in [0.05, 0.1) is 32.5 Å². The summed E-state index contributed by atoms with van der Waals surface area (Å²) in [5.74, 6) is -1.87. The van der Waals surface area contributed by atoms with E-state index < -0.39 is 23.8 Å². The summed E-state index contributed by atoms with van der Waals surface area (Å²) >= 11 is 6.79. The molecule has 0 aliphatic carbocycles. The molecule has 2 fully saturated rings. The van der Waals surface area contributed by atoms with Crippen molar-refractivity contribution in [2.24, 2.45) is 10.9 Å². The molecule has 2 heterocycles. The van der Waals surface area contributed by atoms with Gasteiger partial charge in [-0.05, 0) is 59.9 Å². The van der Waals surface area contributed by atoms with Crippen LogP contribution in [0.15, 0.2) is 108 Å². The van der Waals surface area contributed by atoms with Crippen molar-refractivity contribution < 1.29 is 28.4 Å². The van der Waals surface area contributed by atoms with E-state index in [1.807, 2.05) is 79.7 Å². The van der Waals surface area contributed by atoms with Crippen LogP contribution < -0.4 is 4.74 Å². The van der Waals surface area contributed by atoms with Gasteiger partial charge in [0.2, 0.25) is 11.6 Å². The largest absolute Gasteiger partial charge is 0.494 e. The molecule has 0 radical (unpaired) electrons. The fourth-order valence-electron chi connectivity index (χ4n) is 6.43. The Morgan fingerprint density at radius 2 is 1.55 bits per heavy atom. The molecule has 4 aromatic rings. The van der Waals surface area contributed by atoms with Crippen molar-refractivity contribution in [1.29, 1.82) is 0 Å². The lowest BCUT2D eigenvalue weighted by molar-refractivity contribution is -0.377. The molecular weight excluding hydrogens is 614 g/mol. The maximum absolute atomic E-state index is 7.02. The minimum Gasteiger partial charge on any atom is -0.494 e. The monoisotopic (exact) mass is 655 g/mol. The normalized spacial score (nSPS) is 25.3. The topological polar surface area (TPSA) is 67.7 Å². The Labute approximate surface area is 282 Å². The van der Waals surface area contributed by atoms with Crippen LogP contribution in [0.25, 0.3) is 0 Å². The van der Waals surface area contributed by atoms with Gasteiger partial charge in [-0.25, -0.2) is 0 Å². The highest BCUT2D eigenvalue weighted by Gasteiger charge is 2.68. The first-order chi connectivity index (χ1) is 23.0. The Kier molecular flexibility index (Phi) is 10.7. The number of aliphatic imine (C=N–C) groups is 1. The van der Waals surface area contributed by atoms with Crippen LogP contribution in [0.1, 0.15) is 41.7 Å². The fourth-order valence-corrected chi connectivity index (χ4v) is 6.61. The van der Waals surface area contributed by atoms with E-state index in [2.05, 4.69) is 42.2 Å². The van der Waals surface area contributed by atoms with Gasteiger partial charge in [0.15, 0.2) is 0 Å². The summed E-state index contributed by atoms with van der Waals surface area (Å²) in [5.41, 5.74) is 5.03. The summed E-state index contributed by atoms with van der Waals surface area (Å²) in [4.78, 5) is 4.14. The second-order valence-corrected chi connectivity index (χ2v) is 12.4. The van der Waals surface area contributed by atoms with Crippen molar-refractivity contribution in [2.75, 3.05) is 26.9 Å². The Morgan fingerprint density at radius 1 is 0.872 bits per heavy atom. The Morgan fingerprint density at radius 3 is 2.21 bits per heavy atom. The molecule has 2 aliphatic heterocycles. The third-order valence-corrected chi connectivity index (χ3v) is 9.22. The summed E-state index contributed by atoms with van der Waals surface area (Å²) in [6, 6.07) is 34.3. The van der Waals surface area contributed by atoms with Gasteiger partial charge in [0.1, 0.15) is 18.5 Å². The van der Waals surface area contributed by atoms with Gasteiger partial charge in [-0.1, -0.05) is 97.4 Å². The summed E-state index contributed by atoms with van der Waals surface area (Å²) < 4.78 is 39.4. The highest BCUT2D eigenvalue weighted by Crippen LogP contribution is 2.55. The van der Waals surface area contributed by atoms with Crippen LogP contribution in [0.3, 0.4) is 0 Å². The molecule has 246 valence electrons. The van der Waals surface area contributed by atoms with Gasteiger partial charge in [-0.3, -0.25) is 4.99 Å². The molecule has 6 rings (SSSR count). The molecular formula is C39H42ClNO6. The van der Waals surface area contributed by atoms with Crippen molar-refractivity contribution in [3.05, 3.63) is 136 Å². The maximum atomic E-state index is 7.02. The maximum Gasteiger partial charge on any atom is 0.225 e. The van der Waals surface area contributed by atoms with Crippen molar-refractivity contribution in [3.8, 4) is 5.75 Å². The molecule has 0 saturated carbocycles. The van der Waals surface area contributed by atoms with Gasteiger partial charge in [-0.15, -0.1) is 0 Å². The summed E-state index contributed by atoms with van der Waals surface area (Å²) in [5, 5.41) is 0.670. The standard InChI is InChI=1S/C39H42ClNO6/c1-4-42-34-18-15-29(16-19-34)23-32-24-33(17-20-35(32)40)39-28(2)36(43-25-30-11-7-5-8-12-30)37(44-26-31-13-9-6-10-14-31)38(47-39,27-46-39)45-22-21-41-3/h5-21,24,28,36-37H,4,22-23,25-27H2,1-3H3. The third kappa shape index (κ3) is 7.31. The zero-order valence-corrected chi connectivity index (χ0v) is 27.9. The number of hydrogen-bond donors (Lipinski definition) is 0. The number of rotatable bonds is 14. The number of hydrogen-bond acceptors (Lipinski definition) is 7. The molecule has 2 aliphatic rings. The van der Waals surface area contributed by atoms with Crippen LogP contribution in [0.4, 0.5) is 0 Å². The summed E-state index contributed by atoms with van der Waals surface area (Å²) in [7, 11) is 1.72. The summed E-state index contributed by atoms with van der Waals surface area (Å²) in [6.45, 7) is 5.83. The van der Waals surface area contributed by atoms with E-state index in [9.17, 15) is 0 Å². The van der Waals surface area contributed by atoms with Crippen molar-refractivity contribution >= 4 is 17.8 Å². The van der Waals surface area contributed by atoms with E-state index >= 15 is 0 Å². The first kappa shape index (κ1) is 33.3. The van der Waals surface area contributed by atoms with Crippen LogP contribution >= 0.6 is 11.6 Å². The number of benzene rings is 4. The molecule has 0 spiro atoms. The van der Waals surface area contributed by atoms with Gasteiger partial charge in [-0.2, -0.15) is 0 Å². The molecule has 0 N–H and O–H groups in total. The lowest BCUT2D eigenvalue weighted by Gasteiger charge is -2.50. The van der Waals surface area contributed by atoms with Crippen LogP contribution in [-0.4, -0.2) is 51.1 Å². The van der Waals surface area contributed by atoms with Gasteiger partial charge in [0.25, 0.3) is 0 Å². The van der Waals surface area contributed by atoms with Crippen molar-refractivity contribution in [3.63, 3.8) is 0 Å². The molecule has 0 amide bonds. The minimum atomic E-state index is -1.25. The predicted molar refractivity (Wildman–Crippen MR) is 183 cm³/mol. The average molecular weight is 656 g/mol. The number of fused-ring (bicyclic) bond motifs is 2. The second kappa shape index (κ2) is 15.1. The molecule has 8 heteroatoms. The van der Waals surface area contributed by atoms with Crippen LogP contribution in [-0.2, 0) is 49.1 Å². The molecule has 5 unspecified atom stereocenters. The molecule has 47 heavy (non-hydrogen) atoms. The Bertz CT molecular complexity index is 1620. The van der Waals surface area contributed by atoms with Crippen molar-refractivity contribution in [1.82, 2.24) is 0 Å². The third-order valence-electron chi connectivity index (χ3n) is 8.86. The minimum absolute atomic E-state index is 0.149.